The van der Waals surface area contributed by atoms with Gasteiger partial charge in [0.1, 0.15) is 5.01 Å². The maximum Gasteiger partial charge on any atom is 0.237 e. The van der Waals surface area contributed by atoms with Crippen molar-refractivity contribution in [3.63, 3.8) is 0 Å². The van der Waals surface area contributed by atoms with Crippen LogP contribution in [0, 0.1) is 13.8 Å². The van der Waals surface area contributed by atoms with E-state index in [0.29, 0.717) is 5.75 Å². The highest BCUT2D eigenvalue weighted by Crippen LogP contribution is 2.50. The number of anilines is 1. The Labute approximate surface area is 186 Å². The zero-order valence-corrected chi connectivity index (χ0v) is 19.7. The van der Waals surface area contributed by atoms with Crippen molar-refractivity contribution in [1.29, 1.82) is 0 Å². The van der Waals surface area contributed by atoms with Crippen molar-refractivity contribution in [2.24, 2.45) is 0 Å². The maximum absolute atomic E-state index is 13.4. The molecule has 1 aromatic heterocycles. The van der Waals surface area contributed by atoms with Gasteiger partial charge in [0.05, 0.1) is 5.75 Å². The summed E-state index contributed by atoms with van der Waals surface area (Å²) in [6.07, 6.45) is 0.856. The number of aryl methyl sites for hydroxylation is 2. The Morgan fingerprint density at radius 3 is 2.43 bits per heavy atom. The number of hydrogen-bond donors (Lipinski definition) is 0. The quantitative estimate of drug-likeness (QED) is 0.486. The van der Waals surface area contributed by atoms with Crippen LogP contribution in [-0.2, 0) is 10.2 Å². The highest BCUT2D eigenvalue weighted by atomic mass is 32.2. The van der Waals surface area contributed by atoms with Crippen LogP contribution in [0.15, 0.2) is 52.9 Å². The summed E-state index contributed by atoms with van der Waals surface area (Å²) >= 11 is 3.00. The van der Waals surface area contributed by atoms with Gasteiger partial charge in [-0.1, -0.05) is 78.1 Å². The Morgan fingerprint density at radius 1 is 1.07 bits per heavy atom. The largest absolute Gasteiger partial charge is 0.306 e. The first-order valence-corrected chi connectivity index (χ1v) is 11.9. The molecule has 0 radical (unpaired) electrons. The number of rotatable bonds is 4. The zero-order chi connectivity index (χ0) is 21.5. The predicted molar refractivity (Wildman–Crippen MR) is 126 cm³/mol. The van der Waals surface area contributed by atoms with Gasteiger partial charge in [0, 0.05) is 16.6 Å². The molecule has 6 heteroatoms. The summed E-state index contributed by atoms with van der Waals surface area (Å²) in [5.41, 5.74) is 4.29. The van der Waals surface area contributed by atoms with Crippen molar-refractivity contribution in [3.8, 4) is 0 Å². The van der Waals surface area contributed by atoms with Gasteiger partial charge in [-0.25, -0.2) is 0 Å². The molecule has 1 amide bonds. The van der Waals surface area contributed by atoms with Crippen LogP contribution in [0.25, 0.3) is 0 Å². The fourth-order valence-electron chi connectivity index (χ4n) is 4.68. The molecule has 1 aliphatic rings. The molecule has 1 aliphatic heterocycles. The van der Waals surface area contributed by atoms with Crippen molar-refractivity contribution in [2.75, 3.05) is 10.7 Å². The average molecular weight is 438 g/mol. The highest BCUT2D eigenvalue weighted by Gasteiger charge is 2.47. The minimum Gasteiger partial charge on any atom is -0.306 e. The summed E-state index contributed by atoms with van der Waals surface area (Å²) in [4.78, 5) is 15.4. The van der Waals surface area contributed by atoms with Gasteiger partial charge in [-0.05, 0) is 51.3 Å². The van der Waals surface area contributed by atoms with Crippen molar-refractivity contribution in [3.05, 3.63) is 70.2 Å². The summed E-state index contributed by atoms with van der Waals surface area (Å²) in [5.74, 6) is 0.462. The minimum atomic E-state index is -0.317. The first kappa shape index (κ1) is 21.1. The van der Waals surface area contributed by atoms with Crippen molar-refractivity contribution in [1.82, 2.24) is 10.2 Å². The van der Waals surface area contributed by atoms with E-state index in [0.717, 1.165) is 21.5 Å². The molecule has 0 unspecified atom stereocenters. The lowest BCUT2D eigenvalue weighted by Crippen LogP contribution is -2.56. The molecule has 4 rings (SSSR count). The average Bonchev–Trinajstić information content (AvgIpc) is 3.11. The zero-order valence-electron chi connectivity index (χ0n) is 18.1. The number of amides is 1. The van der Waals surface area contributed by atoms with E-state index >= 15 is 0 Å². The minimum absolute atomic E-state index is 0.108. The van der Waals surface area contributed by atoms with Gasteiger partial charge in [0.25, 0.3) is 0 Å². The number of aromatic nitrogens is 2. The number of fused-ring (bicyclic) bond motifs is 1. The van der Waals surface area contributed by atoms with Gasteiger partial charge < -0.3 is 4.90 Å². The van der Waals surface area contributed by atoms with E-state index in [1.807, 2.05) is 17.9 Å². The fourth-order valence-corrected chi connectivity index (χ4v) is 6.34. The molecular formula is C24H27N3OS2. The molecule has 4 nitrogen and oxygen atoms in total. The van der Waals surface area contributed by atoms with Crippen LogP contribution < -0.4 is 4.90 Å². The number of nitrogens with zero attached hydrogens (tertiary/aromatic N) is 3. The van der Waals surface area contributed by atoms with Crippen molar-refractivity contribution in [2.45, 2.75) is 56.3 Å². The topological polar surface area (TPSA) is 46.1 Å². The van der Waals surface area contributed by atoms with E-state index < -0.39 is 0 Å². The third-order valence-corrected chi connectivity index (χ3v) is 7.85. The van der Waals surface area contributed by atoms with Gasteiger partial charge in [-0.3, -0.25) is 4.79 Å². The van der Waals surface area contributed by atoms with E-state index in [-0.39, 0.29) is 16.9 Å². The first-order valence-electron chi connectivity index (χ1n) is 10.1. The predicted octanol–water partition coefficient (Wildman–Crippen LogP) is 5.77. The molecular weight excluding hydrogens is 410 g/mol. The molecule has 0 fully saturated rings. The molecule has 0 spiro atoms. The maximum atomic E-state index is 13.4. The van der Waals surface area contributed by atoms with E-state index in [2.05, 4.69) is 80.4 Å². The van der Waals surface area contributed by atoms with Crippen LogP contribution >= 0.6 is 23.1 Å². The summed E-state index contributed by atoms with van der Waals surface area (Å²) in [7, 11) is 0. The highest BCUT2D eigenvalue weighted by molar-refractivity contribution is 8.01. The molecule has 0 N–H and O–H groups in total. The molecule has 1 atom stereocenters. The normalized spacial score (nSPS) is 20.1. The Morgan fingerprint density at radius 2 is 1.77 bits per heavy atom. The lowest BCUT2D eigenvalue weighted by atomic mass is 9.65. The van der Waals surface area contributed by atoms with Crippen molar-refractivity contribution >= 4 is 34.7 Å². The second kappa shape index (κ2) is 7.82. The van der Waals surface area contributed by atoms with E-state index in [9.17, 15) is 4.79 Å². The molecule has 156 valence electrons. The molecule has 2 aromatic carbocycles. The second-order valence-electron chi connectivity index (χ2n) is 8.81. The van der Waals surface area contributed by atoms with Crippen LogP contribution in [0.5, 0.6) is 0 Å². The number of carbonyl (C=O) groups excluding carboxylic acids is 1. The molecule has 0 saturated carbocycles. The monoisotopic (exact) mass is 437 g/mol. The van der Waals surface area contributed by atoms with Crippen molar-refractivity contribution < 1.29 is 4.79 Å². The molecule has 0 bridgehead atoms. The van der Waals surface area contributed by atoms with Gasteiger partial charge in [0.15, 0.2) is 4.34 Å². The summed E-state index contributed by atoms with van der Waals surface area (Å²) in [5, 5.41) is 9.12. The Balaban J connectivity index is 1.71. The van der Waals surface area contributed by atoms with Crippen LogP contribution in [0.2, 0.25) is 0 Å². The lowest BCUT2D eigenvalue weighted by molar-refractivity contribution is -0.117. The second-order valence-corrected chi connectivity index (χ2v) is 11.2. The van der Waals surface area contributed by atoms with Gasteiger partial charge in [0.2, 0.25) is 5.91 Å². The van der Waals surface area contributed by atoms with Gasteiger partial charge >= 0.3 is 0 Å². The van der Waals surface area contributed by atoms with Gasteiger partial charge in [-0.15, -0.1) is 10.2 Å². The van der Waals surface area contributed by atoms with Crippen LogP contribution in [0.4, 0.5) is 5.69 Å². The molecule has 0 aliphatic carbocycles. The third-order valence-electron chi connectivity index (χ3n) is 5.90. The summed E-state index contributed by atoms with van der Waals surface area (Å²) in [6.45, 7) is 10.7. The molecule has 2 heterocycles. The van der Waals surface area contributed by atoms with Crippen LogP contribution in [-0.4, -0.2) is 27.4 Å². The number of benzene rings is 2. The third kappa shape index (κ3) is 3.79. The SMILES string of the molecule is Cc1ccc([C@@]2(C)CC(C)(C)N(C(=O)CSc3nnc(C)s3)c3ccccc32)cc1. The smallest absolute Gasteiger partial charge is 0.237 e. The standard InChI is InChI=1S/C24H27N3OS2/c1-16-10-12-18(13-11-16)24(5)15-23(3,4)27(20-9-7-6-8-19(20)24)21(28)14-29-22-26-25-17(2)30-22/h6-13H,14-15H2,1-5H3/t24-/m1/s1. The first-order chi connectivity index (χ1) is 14.2. The number of para-hydroxylation sites is 1. The molecule has 0 saturated heterocycles. The molecule has 3 aromatic rings. The number of hydrogen-bond acceptors (Lipinski definition) is 5. The molecule has 30 heavy (non-hydrogen) atoms. The Kier molecular flexibility index (Phi) is 5.49. The number of thioether (sulfide) groups is 1. The van der Waals surface area contributed by atoms with Crippen LogP contribution in [0.3, 0.4) is 0 Å². The summed E-state index contributed by atoms with van der Waals surface area (Å²) in [6, 6.07) is 17.2. The van der Waals surface area contributed by atoms with E-state index in [1.54, 1.807) is 0 Å². The fraction of sp³-hybridized carbons (Fsp3) is 0.375. The Bertz CT molecular complexity index is 1070. The Hall–Kier alpha value is -2.18. The number of carbonyl (C=O) groups is 1. The van der Waals surface area contributed by atoms with E-state index in [1.165, 1.54) is 39.8 Å². The lowest BCUT2D eigenvalue weighted by Gasteiger charge is -2.51. The van der Waals surface area contributed by atoms with Gasteiger partial charge in [-0.2, -0.15) is 0 Å². The van der Waals surface area contributed by atoms with E-state index in [4.69, 9.17) is 0 Å². The van der Waals surface area contributed by atoms with Crippen LogP contribution in [0.1, 0.15) is 48.9 Å². The summed E-state index contributed by atoms with van der Waals surface area (Å²) < 4.78 is 0.841.